The lowest BCUT2D eigenvalue weighted by Crippen LogP contribution is -2.15. The number of rotatable bonds is 7. The van der Waals surface area contributed by atoms with E-state index in [1.807, 2.05) is 18.3 Å². The summed E-state index contributed by atoms with van der Waals surface area (Å²) in [6.07, 6.45) is 4.19. The van der Waals surface area contributed by atoms with E-state index in [1.54, 1.807) is 0 Å². The van der Waals surface area contributed by atoms with Crippen LogP contribution in [0.15, 0.2) is 18.3 Å². The van der Waals surface area contributed by atoms with Crippen molar-refractivity contribution in [3.05, 3.63) is 24.0 Å². The molecule has 0 aliphatic heterocycles. The minimum absolute atomic E-state index is 0.307. The van der Waals surface area contributed by atoms with E-state index in [0.717, 1.165) is 37.4 Å². The maximum Gasteiger partial charge on any atom is 0.138 e. The molecule has 1 heterocycles. The summed E-state index contributed by atoms with van der Waals surface area (Å²) in [6.45, 7) is 8.16. The summed E-state index contributed by atoms with van der Waals surface area (Å²) in [4.78, 5) is 4.35. The van der Waals surface area contributed by atoms with Gasteiger partial charge in [-0.3, -0.25) is 4.98 Å². The molecule has 0 radical (unpaired) electrons. The first-order valence-corrected chi connectivity index (χ1v) is 6.12. The molecule has 3 nitrogen and oxygen atoms in total. The van der Waals surface area contributed by atoms with Gasteiger partial charge in [0.2, 0.25) is 0 Å². The third kappa shape index (κ3) is 4.19. The first-order valence-electron chi connectivity index (χ1n) is 6.12. The van der Waals surface area contributed by atoms with Gasteiger partial charge in [0.25, 0.3) is 0 Å². The Hall–Kier alpha value is -1.09. The van der Waals surface area contributed by atoms with Crippen molar-refractivity contribution in [3.8, 4) is 5.75 Å². The topological polar surface area (TPSA) is 34.1 Å². The number of nitrogens with zero attached hydrogens (tertiary/aromatic N) is 1. The normalized spacial score (nSPS) is 10.8. The van der Waals surface area contributed by atoms with Gasteiger partial charge in [0, 0.05) is 6.54 Å². The number of aromatic nitrogens is 1. The largest absolute Gasteiger partial charge is 0.489 e. The molecule has 0 saturated carbocycles. The monoisotopic (exact) mass is 222 g/mol. The lowest BCUT2D eigenvalue weighted by molar-refractivity contribution is 0.192. The Balaban J connectivity index is 2.50. The second kappa shape index (κ2) is 7.23. The molecule has 0 aliphatic rings. The average molecular weight is 222 g/mol. The molecule has 0 bridgehead atoms. The number of hydrogen-bond acceptors (Lipinski definition) is 3. The maximum atomic E-state index is 5.79. The molecule has 0 unspecified atom stereocenters. The fourth-order valence-electron chi connectivity index (χ4n) is 1.49. The maximum absolute atomic E-state index is 5.79. The molecule has 16 heavy (non-hydrogen) atoms. The van der Waals surface area contributed by atoms with E-state index < -0.39 is 0 Å². The molecule has 3 heteroatoms. The summed E-state index contributed by atoms with van der Waals surface area (Å²) in [5, 5.41) is 3.24. The third-order valence-electron chi connectivity index (χ3n) is 2.57. The van der Waals surface area contributed by atoms with E-state index in [0.29, 0.717) is 6.10 Å². The standard InChI is InChI=1S/C13H22N2O/c1-4-12(5-2)16-13-8-7-11(15-10-13)9-14-6-3/h7-8,10,12,14H,4-6,9H2,1-3H3. The van der Waals surface area contributed by atoms with Crippen LogP contribution in [-0.2, 0) is 6.54 Å². The van der Waals surface area contributed by atoms with Gasteiger partial charge in [-0.1, -0.05) is 20.8 Å². The van der Waals surface area contributed by atoms with Gasteiger partial charge in [0.05, 0.1) is 18.0 Å². The Kier molecular flexibility index (Phi) is 5.86. The van der Waals surface area contributed by atoms with E-state index in [1.165, 1.54) is 0 Å². The molecular weight excluding hydrogens is 200 g/mol. The number of pyridine rings is 1. The smallest absolute Gasteiger partial charge is 0.138 e. The summed E-state index contributed by atoms with van der Waals surface area (Å²) < 4.78 is 5.79. The van der Waals surface area contributed by atoms with Crippen molar-refractivity contribution in [2.24, 2.45) is 0 Å². The van der Waals surface area contributed by atoms with Crippen LogP contribution < -0.4 is 10.1 Å². The Morgan fingerprint density at radius 1 is 1.25 bits per heavy atom. The molecule has 1 rings (SSSR count). The van der Waals surface area contributed by atoms with Gasteiger partial charge >= 0.3 is 0 Å². The first kappa shape index (κ1) is 13.0. The summed E-state index contributed by atoms with van der Waals surface area (Å²) >= 11 is 0. The van der Waals surface area contributed by atoms with Crippen LogP contribution in [0.5, 0.6) is 5.75 Å². The molecular formula is C13H22N2O. The van der Waals surface area contributed by atoms with Crippen LogP contribution in [-0.4, -0.2) is 17.6 Å². The van der Waals surface area contributed by atoms with Crippen LogP contribution in [0, 0.1) is 0 Å². The van der Waals surface area contributed by atoms with Crippen LogP contribution in [0.4, 0.5) is 0 Å². The lowest BCUT2D eigenvalue weighted by atomic mass is 10.2. The van der Waals surface area contributed by atoms with Crippen molar-refractivity contribution in [1.29, 1.82) is 0 Å². The van der Waals surface area contributed by atoms with Crippen molar-refractivity contribution >= 4 is 0 Å². The molecule has 1 aromatic rings. The van der Waals surface area contributed by atoms with Crippen LogP contribution in [0.3, 0.4) is 0 Å². The Morgan fingerprint density at radius 3 is 2.50 bits per heavy atom. The average Bonchev–Trinajstić information content (AvgIpc) is 2.35. The van der Waals surface area contributed by atoms with Crippen LogP contribution in [0.2, 0.25) is 0 Å². The summed E-state index contributed by atoms with van der Waals surface area (Å²) in [7, 11) is 0. The SMILES string of the molecule is CCNCc1ccc(OC(CC)CC)cn1. The van der Waals surface area contributed by atoms with E-state index in [-0.39, 0.29) is 0 Å². The highest BCUT2D eigenvalue weighted by molar-refractivity contribution is 5.20. The van der Waals surface area contributed by atoms with Crippen molar-refractivity contribution < 1.29 is 4.74 Å². The highest BCUT2D eigenvalue weighted by Gasteiger charge is 2.05. The third-order valence-corrected chi connectivity index (χ3v) is 2.57. The number of ether oxygens (including phenoxy) is 1. The van der Waals surface area contributed by atoms with Crippen molar-refractivity contribution in [2.75, 3.05) is 6.54 Å². The minimum Gasteiger partial charge on any atom is -0.489 e. The van der Waals surface area contributed by atoms with Crippen molar-refractivity contribution in [3.63, 3.8) is 0 Å². The van der Waals surface area contributed by atoms with E-state index in [4.69, 9.17) is 4.74 Å². The second-order valence-electron chi connectivity index (χ2n) is 3.82. The van der Waals surface area contributed by atoms with Gasteiger partial charge in [-0.05, 0) is 31.5 Å². The Labute approximate surface area is 98.2 Å². The lowest BCUT2D eigenvalue weighted by Gasteiger charge is -2.15. The quantitative estimate of drug-likeness (QED) is 0.770. The van der Waals surface area contributed by atoms with Crippen molar-refractivity contribution in [1.82, 2.24) is 10.3 Å². The molecule has 0 saturated heterocycles. The van der Waals surface area contributed by atoms with Gasteiger partial charge in [-0.15, -0.1) is 0 Å². The van der Waals surface area contributed by atoms with Crippen LogP contribution in [0.25, 0.3) is 0 Å². The minimum atomic E-state index is 0.307. The molecule has 0 fully saturated rings. The summed E-state index contributed by atoms with van der Waals surface area (Å²) in [5.41, 5.74) is 1.05. The van der Waals surface area contributed by atoms with Gasteiger partial charge < -0.3 is 10.1 Å². The highest BCUT2D eigenvalue weighted by Crippen LogP contribution is 2.14. The second-order valence-corrected chi connectivity index (χ2v) is 3.82. The number of hydrogen-bond donors (Lipinski definition) is 1. The van der Waals surface area contributed by atoms with Gasteiger partial charge in [0.15, 0.2) is 0 Å². The molecule has 90 valence electrons. The molecule has 0 atom stereocenters. The predicted molar refractivity (Wildman–Crippen MR) is 66.6 cm³/mol. The zero-order valence-electron chi connectivity index (χ0n) is 10.5. The van der Waals surface area contributed by atoms with E-state index >= 15 is 0 Å². The summed E-state index contributed by atoms with van der Waals surface area (Å²) in [5.74, 6) is 0.869. The Bertz CT molecular complexity index is 280. The molecule has 0 spiro atoms. The van der Waals surface area contributed by atoms with E-state index in [9.17, 15) is 0 Å². The Morgan fingerprint density at radius 2 is 2.00 bits per heavy atom. The predicted octanol–water partition coefficient (Wildman–Crippen LogP) is 2.76. The highest BCUT2D eigenvalue weighted by atomic mass is 16.5. The summed E-state index contributed by atoms with van der Waals surface area (Å²) in [6, 6.07) is 4.01. The number of nitrogens with one attached hydrogen (secondary N) is 1. The molecule has 0 aliphatic carbocycles. The zero-order valence-corrected chi connectivity index (χ0v) is 10.5. The molecule has 0 aromatic carbocycles. The van der Waals surface area contributed by atoms with Gasteiger partial charge in [0.1, 0.15) is 5.75 Å². The van der Waals surface area contributed by atoms with Crippen molar-refractivity contribution in [2.45, 2.75) is 46.3 Å². The molecule has 0 amide bonds. The van der Waals surface area contributed by atoms with E-state index in [2.05, 4.69) is 31.1 Å². The van der Waals surface area contributed by atoms with Crippen LogP contribution >= 0.6 is 0 Å². The zero-order chi connectivity index (χ0) is 11.8. The molecule has 1 N–H and O–H groups in total. The van der Waals surface area contributed by atoms with Crippen LogP contribution in [0.1, 0.15) is 39.3 Å². The van der Waals surface area contributed by atoms with Gasteiger partial charge in [-0.2, -0.15) is 0 Å². The fraction of sp³-hybridized carbons (Fsp3) is 0.615. The molecule has 1 aromatic heterocycles. The fourth-order valence-corrected chi connectivity index (χ4v) is 1.49. The van der Waals surface area contributed by atoms with Gasteiger partial charge in [-0.25, -0.2) is 0 Å². The first-order chi connectivity index (χ1) is 7.80.